The van der Waals surface area contributed by atoms with Crippen molar-refractivity contribution in [1.82, 2.24) is 0 Å². The maximum absolute atomic E-state index is 2.12. The summed E-state index contributed by atoms with van der Waals surface area (Å²) < 4.78 is 0. The molecule has 118 valence electrons. The summed E-state index contributed by atoms with van der Waals surface area (Å²) in [5.41, 5.74) is 5.24. The SMILES string of the molecule is [Co].[Co].c1cc[c-](-[c-]2cccc2)c1.c1cc[c-](-[c-]2cccc2)c1. The van der Waals surface area contributed by atoms with Gasteiger partial charge in [0.2, 0.25) is 0 Å². The summed E-state index contributed by atoms with van der Waals surface area (Å²) in [5, 5.41) is 0. The minimum atomic E-state index is 0. The second kappa shape index (κ2) is 9.43. The summed E-state index contributed by atoms with van der Waals surface area (Å²) in [7, 11) is 0. The Hall–Kier alpha value is -1.59. The van der Waals surface area contributed by atoms with Crippen molar-refractivity contribution < 1.29 is 33.6 Å². The van der Waals surface area contributed by atoms with Gasteiger partial charge in [-0.25, -0.2) is 0 Å². The molecule has 2 heteroatoms. The standard InChI is InChI=1S/2C10H8.2Co/c2*1-2-6-9(5-1)10-7-3-4-8-10;;/h2*1-8H;;/q2*-2;;. The molecule has 4 rings (SSSR count). The van der Waals surface area contributed by atoms with Gasteiger partial charge in [0.25, 0.3) is 0 Å². The van der Waals surface area contributed by atoms with Gasteiger partial charge in [-0.05, 0) is 0 Å². The summed E-state index contributed by atoms with van der Waals surface area (Å²) in [5.74, 6) is 0. The number of rotatable bonds is 2. The van der Waals surface area contributed by atoms with Gasteiger partial charge in [-0.2, -0.15) is 119 Å². The van der Waals surface area contributed by atoms with E-state index in [9.17, 15) is 0 Å². The molecule has 0 saturated carbocycles. The molecule has 0 spiro atoms. The molecule has 0 unspecified atom stereocenters. The molecule has 0 fully saturated rings. The van der Waals surface area contributed by atoms with E-state index in [2.05, 4.69) is 97.1 Å². The number of hydrogen-bond donors (Lipinski definition) is 0. The van der Waals surface area contributed by atoms with E-state index in [4.69, 9.17) is 0 Å². The van der Waals surface area contributed by atoms with E-state index < -0.39 is 0 Å². The first-order valence-corrected chi connectivity index (χ1v) is 6.81. The molecular formula is C20H16Co2-4. The molecule has 0 saturated heterocycles. The number of hydrogen-bond acceptors (Lipinski definition) is 0. The van der Waals surface area contributed by atoms with E-state index in [1.54, 1.807) is 0 Å². The van der Waals surface area contributed by atoms with E-state index in [-0.39, 0.29) is 33.6 Å². The molecule has 0 aromatic heterocycles. The topological polar surface area (TPSA) is 0 Å². The first-order chi connectivity index (χ1) is 9.93. The first kappa shape index (κ1) is 18.5. The summed E-state index contributed by atoms with van der Waals surface area (Å²) in [4.78, 5) is 0. The molecule has 22 heavy (non-hydrogen) atoms. The molecule has 0 N–H and O–H groups in total. The average Bonchev–Trinajstić information content (AvgIpc) is 3.29. The Morgan fingerprint density at radius 3 is 0.545 bits per heavy atom. The van der Waals surface area contributed by atoms with Crippen LogP contribution in [0.2, 0.25) is 0 Å². The monoisotopic (exact) mass is 374 g/mol. The maximum Gasteiger partial charge on any atom is 0 e. The van der Waals surface area contributed by atoms with Crippen molar-refractivity contribution in [3.8, 4) is 22.3 Å². The smallest absolute Gasteiger partial charge is 0 e. The molecular weight excluding hydrogens is 358 g/mol. The van der Waals surface area contributed by atoms with Crippen LogP contribution in [0, 0.1) is 0 Å². The van der Waals surface area contributed by atoms with Crippen LogP contribution in [0.15, 0.2) is 97.1 Å². The van der Waals surface area contributed by atoms with Crippen molar-refractivity contribution in [2.24, 2.45) is 0 Å². The Labute approximate surface area is 152 Å². The van der Waals surface area contributed by atoms with Crippen LogP contribution in [0.5, 0.6) is 0 Å². The third-order valence-electron chi connectivity index (χ3n) is 3.32. The quantitative estimate of drug-likeness (QED) is 0.402. The normalized spacial score (nSPS) is 9.09. The Morgan fingerprint density at radius 2 is 0.409 bits per heavy atom. The third kappa shape index (κ3) is 4.71. The third-order valence-corrected chi connectivity index (χ3v) is 3.32. The molecule has 2 radical (unpaired) electrons. The fraction of sp³-hybridized carbons (Fsp3) is 0. The second-order valence-corrected chi connectivity index (χ2v) is 4.69. The van der Waals surface area contributed by atoms with Gasteiger partial charge in [0.05, 0.1) is 0 Å². The Kier molecular flexibility index (Phi) is 7.92. The molecule has 0 heterocycles. The van der Waals surface area contributed by atoms with Crippen LogP contribution >= 0.6 is 0 Å². The Balaban J connectivity index is 0.000000202. The first-order valence-electron chi connectivity index (χ1n) is 6.81. The fourth-order valence-electron chi connectivity index (χ4n) is 2.27. The van der Waals surface area contributed by atoms with E-state index in [1.807, 2.05) is 0 Å². The predicted molar refractivity (Wildman–Crippen MR) is 86.1 cm³/mol. The van der Waals surface area contributed by atoms with Gasteiger partial charge < -0.3 is 0 Å². The van der Waals surface area contributed by atoms with Crippen molar-refractivity contribution in [3.05, 3.63) is 97.1 Å². The van der Waals surface area contributed by atoms with Gasteiger partial charge in [-0.15, -0.1) is 0 Å². The van der Waals surface area contributed by atoms with E-state index in [1.165, 1.54) is 22.3 Å². The van der Waals surface area contributed by atoms with Gasteiger partial charge in [0, 0.05) is 33.6 Å². The van der Waals surface area contributed by atoms with Gasteiger partial charge in [0.15, 0.2) is 0 Å². The molecule has 0 bridgehead atoms. The van der Waals surface area contributed by atoms with Gasteiger partial charge >= 0.3 is 0 Å². The zero-order valence-corrected chi connectivity index (χ0v) is 14.0. The van der Waals surface area contributed by atoms with Crippen LogP contribution < -0.4 is 0 Å². The molecule has 0 nitrogen and oxygen atoms in total. The minimum Gasteiger partial charge on any atom is -0.198 e. The zero-order chi connectivity index (χ0) is 13.6. The molecule has 0 amide bonds. The minimum absolute atomic E-state index is 0. The van der Waals surface area contributed by atoms with Crippen LogP contribution in [-0.2, 0) is 33.6 Å². The zero-order valence-electron chi connectivity index (χ0n) is 11.9. The summed E-state index contributed by atoms with van der Waals surface area (Å²) >= 11 is 0. The van der Waals surface area contributed by atoms with Gasteiger partial charge in [-0.3, -0.25) is 0 Å². The van der Waals surface area contributed by atoms with Crippen molar-refractivity contribution in [2.75, 3.05) is 0 Å². The van der Waals surface area contributed by atoms with Crippen molar-refractivity contribution >= 4 is 0 Å². The second-order valence-electron chi connectivity index (χ2n) is 4.69. The van der Waals surface area contributed by atoms with Crippen molar-refractivity contribution in [3.63, 3.8) is 0 Å². The van der Waals surface area contributed by atoms with Crippen LogP contribution in [0.1, 0.15) is 0 Å². The molecule has 0 aliphatic heterocycles. The van der Waals surface area contributed by atoms with Crippen molar-refractivity contribution in [1.29, 1.82) is 0 Å². The molecule has 0 aliphatic carbocycles. The largest absolute Gasteiger partial charge is 0.198 e. The van der Waals surface area contributed by atoms with E-state index in [0.29, 0.717) is 0 Å². The molecule has 4 aromatic rings. The maximum atomic E-state index is 2.12. The van der Waals surface area contributed by atoms with E-state index in [0.717, 1.165) is 0 Å². The fourth-order valence-corrected chi connectivity index (χ4v) is 2.27. The molecule has 4 aromatic carbocycles. The predicted octanol–water partition coefficient (Wildman–Crippen LogP) is 5.58. The van der Waals surface area contributed by atoms with Crippen LogP contribution in [0.25, 0.3) is 22.3 Å². The summed E-state index contributed by atoms with van der Waals surface area (Å²) in [6.45, 7) is 0. The summed E-state index contributed by atoms with van der Waals surface area (Å²) in [6, 6.07) is 33.4. The Morgan fingerprint density at radius 1 is 0.273 bits per heavy atom. The molecule has 0 aliphatic rings. The van der Waals surface area contributed by atoms with Crippen molar-refractivity contribution in [2.45, 2.75) is 0 Å². The molecule has 0 atom stereocenters. The van der Waals surface area contributed by atoms with Crippen LogP contribution in [0.4, 0.5) is 0 Å². The van der Waals surface area contributed by atoms with Gasteiger partial charge in [-0.1, -0.05) is 0 Å². The van der Waals surface area contributed by atoms with Gasteiger partial charge in [0.1, 0.15) is 0 Å². The van der Waals surface area contributed by atoms with E-state index >= 15 is 0 Å². The van der Waals surface area contributed by atoms with Crippen LogP contribution in [0.3, 0.4) is 0 Å². The summed E-state index contributed by atoms with van der Waals surface area (Å²) in [6.07, 6.45) is 0. The van der Waals surface area contributed by atoms with Crippen LogP contribution in [-0.4, -0.2) is 0 Å². The average molecular weight is 374 g/mol. The Bertz CT molecular complexity index is 553.